The molecule has 2 amide bonds. The third kappa shape index (κ3) is 4.49. The predicted octanol–water partition coefficient (Wildman–Crippen LogP) is 1.91. The predicted molar refractivity (Wildman–Crippen MR) is 96.6 cm³/mol. The van der Waals surface area contributed by atoms with Crippen LogP contribution in [0.15, 0.2) is 29.1 Å². The average molecular weight is 373 g/mol. The molecule has 134 valence electrons. The van der Waals surface area contributed by atoms with Gasteiger partial charge < -0.3 is 4.98 Å². The van der Waals surface area contributed by atoms with Crippen LogP contribution in [0.1, 0.15) is 39.2 Å². The number of nitrogens with one attached hydrogen (secondary N) is 3. The zero-order chi connectivity index (χ0) is 19.3. The number of H-pyrrole nitrogens is 1. The Labute approximate surface area is 155 Å². The zero-order valence-corrected chi connectivity index (χ0v) is 15.0. The first kappa shape index (κ1) is 19.2. The number of aryl methyl sites for hydroxylation is 1. The molecular formula is C18H17ClN4O3. The number of hydrazine groups is 1. The Hall–Kier alpha value is -3.11. The van der Waals surface area contributed by atoms with Crippen molar-refractivity contribution in [2.45, 2.75) is 26.7 Å². The number of carbonyl (C=O) groups excluding carboxylic acids is 2. The lowest BCUT2D eigenvalue weighted by atomic mass is 9.99. The van der Waals surface area contributed by atoms with Gasteiger partial charge in [0.05, 0.1) is 0 Å². The van der Waals surface area contributed by atoms with Gasteiger partial charge in [0.2, 0.25) is 5.91 Å². The first-order valence-corrected chi connectivity index (χ1v) is 8.18. The van der Waals surface area contributed by atoms with E-state index in [-0.39, 0.29) is 12.0 Å². The molecule has 0 aliphatic carbocycles. The molecule has 0 atom stereocenters. The van der Waals surface area contributed by atoms with Crippen LogP contribution < -0.4 is 16.4 Å². The van der Waals surface area contributed by atoms with Gasteiger partial charge in [-0.15, -0.1) is 0 Å². The number of aromatic nitrogens is 1. The van der Waals surface area contributed by atoms with Crippen molar-refractivity contribution in [3.05, 3.63) is 67.6 Å². The number of amides is 2. The second-order valence-electron chi connectivity index (χ2n) is 5.68. The number of hydrogen-bond donors (Lipinski definition) is 3. The van der Waals surface area contributed by atoms with Gasteiger partial charge in [-0.1, -0.05) is 11.6 Å². The molecule has 0 aliphatic rings. The first-order chi connectivity index (χ1) is 12.3. The maximum atomic E-state index is 12.0. The highest BCUT2D eigenvalue weighted by Gasteiger charge is 2.14. The molecule has 26 heavy (non-hydrogen) atoms. The van der Waals surface area contributed by atoms with E-state index in [1.807, 2.05) is 6.07 Å². The highest BCUT2D eigenvalue weighted by molar-refractivity contribution is 6.30. The van der Waals surface area contributed by atoms with Crippen LogP contribution in [0.4, 0.5) is 0 Å². The van der Waals surface area contributed by atoms with Crippen molar-refractivity contribution in [1.82, 2.24) is 15.8 Å². The van der Waals surface area contributed by atoms with E-state index in [9.17, 15) is 14.4 Å². The number of carbonyl (C=O) groups is 2. The summed E-state index contributed by atoms with van der Waals surface area (Å²) in [5, 5.41) is 9.57. The summed E-state index contributed by atoms with van der Waals surface area (Å²) >= 11 is 5.76. The lowest BCUT2D eigenvalue weighted by molar-refractivity contribution is -0.121. The van der Waals surface area contributed by atoms with Gasteiger partial charge in [0.15, 0.2) is 0 Å². The summed E-state index contributed by atoms with van der Waals surface area (Å²) < 4.78 is 0. The van der Waals surface area contributed by atoms with Crippen molar-refractivity contribution in [2.75, 3.05) is 0 Å². The van der Waals surface area contributed by atoms with Crippen LogP contribution >= 0.6 is 11.6 Å². The Kier molecular flexibility index (Phi) is 6.15. The average Bonchev–Trinajstić information content (AvgIpc) is 2.60. The standard InChI is InChI=1S/C18H17ClN4O3/c1-10-14(11(2)21-18(26)15(10)9-20)7-8-16(24)22-23-17(25)12-3-5-13(19)6-4-12/h3-6H,7-8H2,1-2H3,(H,21,26)(H,22,24)(H,23,25). The monoisotopic (exact) mass is 372 g/mol. The van der Waals surface area contributed by atoms with Crippen molar-refractivity contribution in [2.24, 2.45) is 0 Å². The van der Waals surface area contributed by atoms with E-state index in [1.54, 1.807) is 38.1 Å². The molecule has 0 spiro atoms. The minimum Gasteiger partial charge on any atom is -0.325 e. The van der Waals surface area contributed by atoms with Crippen molar-refractivity contribution in [3.63, 3.8) is 0 Å². The third-order valence-electron chi connectivity index (χ3n) is 3.94. The van der Waals surface area contributed by atoms with Gasteiger partial charge in [0, 0.05) is 22.7 Å². The van der Waals surface area contributed by atoms with Gasteiger partial charge in [-0.05, 0) is 55.7 Å². The maximum absolute atomic E-state index is 12.0. The Morgan fingerprint density at radius 2 is 1.85 bits per heavy atom. The van der Waals surface area contributed by atoms with Crippen LogP contribution in [0.5, 0.6) is 0 Å². The highest BCUT2D eigenvalue weighted by Crippen LogP contribution is 2.14. The van der Waals surface area contributed by atoms with Crippen LogP contribution in [0, 0.1) is 25.2 Å². The van der Waals surface area contributed by atoms with Gasteiger partial charge in [-0.2, -0.15) is 5.26 Å². The van der Waals surface area contributed by atoms with Crippen LogP contribution in [-0.2, 0) is 11.2 Å². The minimum atomic E-state index is -0.460. The molecule has 2 rings (SSSR count). The molecule has 3 N–H and O–H groups in total. The number of halogens is 1. The Morgan fingerprint density at radius 1 is 1.19 bits per heavy atom. The molecule has 1 heterocycles. The summed E-state index contributed by atoms with van der Waals surface area (Å²) in [6.07, 6.45) is 0.408. The van der Waals surface area contributed by atoms with Gasteiger partial charge in [-0.3, -0.25) is 25.2 Å². The summed E-state index contributed by atoms with van der Waals surface area (Å²) in [5.74, 6) is -0.853. The number of benzene rings is 1. The molecule has 0 bridgehead atoms. The molecule has 0 unspecified atom stereocenters. The van der Waals surface area contributed by atoms with E-state index in [2.05, 4.69) is 15.8 Å². The lowest BCUT2D eigenvalue weighted by Gasteiger charge is -2.11. The molecule has 0 aliphatic heterocycles. The summed E-state index contributed by atoms with van der Waals surface area (Å²) in [5.41, 5.74) is 6.54. The molecule has 0 saturated heterocycles. The van der Waals surface area contributed by atoms with Crippen molar-refractivity contribution >= 4 is 23.4 Å². The molecule has 7 nitrogen and oxygen atoms in total. The lowest BCUT2D eigenvalue weighted by Crippen LogP contribution is -2.41. The van der Waals surface area contributed by atoms with E-state index in [4.69, 9.17) is 16.9 Å². The van der Waals surface area contributed by atoms with Crippen molar-refractivity contribution in [3.8, 4) is 6.07 Å². The SMILES string of the molecule is Cc1[nH]c(=O)c(C#N)c(C)c1CCC(=O)NNC(=O)c1ccc(Cl)cc1. The summed E-state index contributed by atoms with van der Waals surface area (Å²) in [4.78, 5) is 38.2. The quantitative estimate of drug-likeness (QED) is 0.711. The fraction of sp³-hybridized carbons (Fsp3) is 0.222. The topological polar surface area (TPSA) is 115 Å². The Bertz CT molecular complexity index is 943. The van der Waals surface area contributed by atoms with Crippen molar-refractivity contribution < 1.29 is 9.59 Å². The number of rotatable bonds is 4. The van der Waals surface area contributed by atoms with Gasteiger partial charge in [0.25, 0.3) is 11.5 Å². The summed E-state index contributed by atoms with van der Waals surface area (Å²) in [6.45, 7) is 3.39. The normalized spacial score (nSPS) is 10.1. The summed E-state index contributed by atoms with van der Waals surface area (Å²) in [6, 6.07) is 8.11. The highest BCUT2D eigenvalue weighted by atomic mass is 35.5. The van der Waals surface area contributed by atoms with E-state index in [0.29, 0.717) is 28.3 Å². The van der Waals surface area contributed by atoms with Gasteiger partial charge in [0.1, 0.15) is 11.6 Å². The summed E-state index contributed by atoms with van der Waals surface area (Å²) in [7, 11) is 0. The molecule has 0 fully saturated rings. The van der Waals surface area contributed by atoms with E-state index in [0.717, 1.165) is 5.56 Å². The second kappa shape index (κ2) is 8.32. The maximum Gasteiger partial charge on any atom is 0.269 e. The molecule has 0 saturated carbocycles. The number of nitriles is 1. The molecular weight excluding hydrogens is 356 g/mol. The fourth-order valence-electron chi connectivity index (χ4n) is 2.52. The van der Waals surface area contributed by atoms with Crippen LogP contribution in [-0.4, -0.2) is 16.8 Å². The Balaban J connectivity index is 1.95. The molecule has 8 heteroatoms. The molecule has 2 aromatic rings. The van der Waals surface area contributed by atoms with Crippen LogP contribution in [0.25, 0.3) is 0 Å². The zero-order valence-electron chi connectivity index (χ0n) is 14.3. The fourth-order valence-corrected chi connectivity index (χ4v) is 2.65. The smallest absolute Gasteiger partial charge is 0.269 e. The van der Waals surface area contributed by atoms with E-state index in [1.165, 1.54) is 0 Å². The van der Waals surface area contributed by atoms with Crippen LogP contribution in [0.3, 0.4) is 0 Å². The van der Waals surface area contributed by atoms with Gasteiger partial charge >= 0.3 is 0 Å². The Morgan fingerprint density at radius 3 is 2.46 bits per heavy atom. The second-order valence-corrected chi connectivity index (χ2v) is 6.12. The number of hydrogen-bond acceptors (Lipinski definition) is 4. The van der Waals surface area contributed by atoms with Crippen LogP contribution in [0.2, 0.25) is 5.02 Å². The number of pyridine rings is 1. The number of aromatic amines is 1. The van der Waals surface area contributed by atoms with Crippen molar-refractivity contribution in [1.29, 1.82) is 5.26 Å². The molecule has 1 aromatic heterocycles. The molecule has 1 aromatic carbocycles. The minimum absolute atomic E-state index is 0.0436. The largest absolute Gasteiger partial charge is 0.325 e. The first-order valence-electron chi connectivity index (χ1n) is 7.80. The van der Waals surface area contributed by atoms with Gasteiger partial charge in [-0.25, -0.2) is 0 Å². The van der Waals surface area contributed by atoms with E-state index < -0.39 is 17.4 Å². The van der Waals surface area contributed by atoms with E-state index >= 15 is 0 Å². The molecule has 0 radical (unpaired) electrons. The number of nitrogens with zero attached hydrogens (tertiary/aromatic N) is 1. The third-order valence-corrected chi connectivity index (χ3v) is 4.20.